The molecule has 120 valence electrons. The summed E-state index contributed by atoms with van der Waals surface area (Å²) in [6.45, 7) is 3.68. The molecule has 1 N–H and O–H groups in total. The number of methoxy groups -OCH3 is 1. The highest BCUT2D eigenvalue weighted by Crippen LogP contribution is 2.29. The zero-order valence-electron chi connectivity index (χ0n) is 13.7. The number of aromatic hydroxyl groups is 1. The standard InChI is InChI=1S/C19H20O3S/c1-12-9-14(10-13(2)19(12)21)5-7-16(20)15-6-8-18(23-4)17(11-15)22-3/h5-11,21H,1-4H3/b7-5+. The summed E-state index contributed by atoms with van der Waals surface area (Å²) < 4.78 is 5.31. The molecule has 2 aromatic carbocycles. The second kappa shape index (κ2) is 7.38. The van der Waals surface area contributed by atoms with Crippen LogP contribution >= 0.6 is 11.8 Å². The summed E-state index contributed by atoms with van der Waals surface area (Å²) in [6, 6.07) is 9.15. The van der Waals surface area contributed by atoms with Crippen LogP contribution < -0.4 is 4.74 Å². The number of phenolic OH excluding ortho intramolecular Hbond substituents is 1. The second-order valence-corrected chi connectivity index (χ2v) is 6.12. The molecule has 0 aliphatic carbocycles. The van der Waals surface area contributed by atoms with Gasteiger partial charge in [0.05, 0.1) is 7.11 Å². The van der Waals surface area contributed by atoms with Crippen LogP contribution in [0.4, 0.5) is 0 Å². The summed E-state index contributed by atoms with van der Waals surface area (Å²) in [7, 11) is 1.60. The molecule has 23 heavy (non-hydrogen) atoms. The van der Waals surface area contributed by atoms with Crippen LogP contribution in [0.2, 0.25) is 0 Å². The van der Waals surface area contributed by atoms with Gasteiger partial charge in [0.2, 0.25) is 0 Å². The number of aryl methyl sites for hydroxylation is 2. The van der Waals surface area contributed by atoms with Crippen LogP contribution in [0.5, 0.6) is 11.5 Å². The predicted molar refractivity (Wildman–Crippen MR) is 95.7 cm³/mol. The van der Waals surface area contributed by atoms with Gasteiger partial charge in [-0.05, 0) is 73.2 Å². The first kappa shape index (κ1) is 17.2. The van der Waals surface area contributed by atoms with Gasteiger partial charge in [-0.1, -0.05) is 6.08 Å². The Balaban J connectivity index is 2.25. The molecule has 4 heteroatoms. The number of ketones is 1. The molecule has 0 aliphatic rings. The molecule has 0 bridgehead atoms. The van der Waals surface area contributed by atoms with Crippen LogP contribution in [0.1, 0.15) is 27.0 Å². The molecule has 0 heterocycles. The van der Waals surface area contributed by atoms with Crippen LogP contribution in [0.3, 0.4) is 0 Å². The van der Waals surface area contributed by atoms with Gasteiger partial charge < -0.3 is 9.84 Å². The Kier molecular flexibility index (Phi) is 5.50. The monoisotopic (exact) mass is 328 g/mol. The maximum Gasteiger partial charge on any atom is 0.185 e. The van der Waals surface area contributed by atoms with Crippen LogP contribution in [0, 0.1) is 13.8 Å². The number of carbonyl (C=O) groups excluding carboxylic acids is 1. The summed E-state index contributed by atoms with van der Waals surface area (Å²) in [5, 5.41) is 9.79. The van der Waals surface area contributed by atoms with E-state index in [9.17, 15) is 9.90 Å². The SMILES string of the molecule is COc1cc(C(=O)/C=C/c2cc(C)c(O)c(C)c2)ccc1SC. The Bertz CT molecular complexity index is 740. The van der Waals surface area contributed by atoms with E-state index < -0.39 is 0 Å². The molecule has 0 aliphatic heterocycles. The summed E-state index contributed by atoms with van der Waals surface area (Å²) in [4.78, 5) is 13.3. The van der Waals surface area contributed by atoms with E-state index in [0.29, 0.717) is 17.1 Å². The molecule has 0 aromatic heterocycles. The fourth-order valence-corrected chi connectivity index (χ4v) is 2.89. The number of phenols is 1. The summed E-state index contributed by atoms with van der Waals surface area (Å²) in [5.41, 5.74) is 3.06. The van der Waals surface area contributed by atoms with Crippen molar-refractivity contribution in [3.63, 3.8) is 0 Å². The Hall–Kier alpha value is -2.20. The van der Waals surface area contributed by atoms with Crippen LogP contribution in [-0.4, -0.2) is 24.3 Å². The lowest BCUT2D eigenvalue weighted by atomic mass is 10.0. The number of thioether (sulfide) groups is 1. The minimum absolute atomic E-state index is 0.0839. The first-order valence-electron chi connectivity index (χ1n) is 7.21. The van der Waals surface area contributed by atoms with Crippen molar-refractivity contribution < 1.29 is 14.6 Å². The van der Waals surface area contributed by atoms with Crippen molar-refractivity contribution in [2.75, 3.05) is 13.4 Å². The fraction of sp³-hybridized carbons (Fsp3) is 0.211. The largest absolute Gasteiger partial charge is 0.507 e. The number of benzene rings is 2. The molecule has 0 radical (unpaired) electrons. The Morgan fingerprint density at radius 2 is 1.83 bits per heavy atom. The zero-order chi connectivity index (χ0) is 17.0. The van der Waals surface area contributed by atoms with Crippen LogP contribution in [-0.2, 0) is 0 Å². The molecule has 0 saturated heterocycles. The Labute approximate surface area is 141 Å². The third-order valence-electron chi connectivity index (χ3n) is 3.61. The number of rotatable bonds is 5. The van der Waals surface area contributed by atoms with Crippen molar-refractivity contribution in [2.24, 2.45) is 0 Å². The van der Waals surface area contributed by atoms with Gasteiger partial charge in [0.1, 0.15) is 11.5 Å². The van der Waals surface area contributed by atoms with E-state index >= 15 is 0 Å². The lowest BCUT2D eigenvalue weighted by Crippen LogP contribution is -1.96. The van der Waals surface area contributed by atoms with Gasteiger partial charge in [0, 0.05) is 10.5 Å². The number of allylic oxidation sites excluding steroid dienone is 1. The van der Waals surface area contributed by atoms with E-state index in [2.05, 4.69) is 0 Å². The first-order chi connectivity index (χ1) is 11.0. The van der Waals surface area contributed by atoms with Crippen molar-refractivity contribution in [3.8, 4) is 11.5 Å². The van der Waals surface area contributed by atoms with E-state index in [1.54, 1.807) is 43.2 Å². The molecular weight excluding hydrogens is 308 g/mol. The van der Waals surface area contributed by atoms with Crippen molar-refractivity contribution in [2.45, 2.75) is 18.7 Å². The topological polar surface area (TPSA) is 46.5 Å². The lowest BCUT2D eigenvalue weighted by Gasteiger charge is -2.07. The van der Waals surface area contributed by atoms with Crippen molar-refractivity contribution in [3.05, 3.63) is 58.7 Å². The number of ether oxygens (including phenoxy) is 1. The first-order valence-corrected chi connectivity index (χ1v) is 8.43. The molecule has 0 spiro atoms. The van der Waals surface area contributed by atoms with Gasteiger partial charge in [-0.15, -0.1) is 11.8 Å². The molecule has 2 rings (SSSR count). The Morgan fingerprint density at radius 1 is 1.17 bits per heavy atom. The van der Waals surface area contributed by atoms with Gasteiger partial charge in [0.15, 0.2) is 5.78 Å². The molecule has 0 fully saturated rings. The number of hydrogen-bond acceptors (Lipinski definition) is 4. The average Bonchev–Trinajstić information content (AvgIpc) is 2.56. The maximum absolute atomic E-state index is 12.3. The molecule has 3 nitrogen and oxygen atoms in total. The second-order valence-electron chi connectivity index (χ2n) is 5.27. The third kappa shape index (κ3) is 3.96. The van der Waals surface area contributed by atoms with Gasteiger partial charge in [-0.25, -0.2) is 0 Å². The normalized spacial score (nSPS) is 11.0. The smallest absolute Gasteiger partial charge is 0.185 e. The summed E-state index contributed by atoms with van der Waals surface area (Å²) in [5.74, 6) is 0.915. The van der Waals surface area contributed by atoms with Crippen LogP contribution in [0.25, 0.3) is 6.08 Å². The third-order valence-corrected chi connectivity index (χ3v) is 4.39. The highest BCUT2D eigenvalue weighted by molar-refractivity contribution is 7.98. The molecule has 0 atom stereocenters. The predicted octanol–water partition coefficient (Wildman–Crippen LogP) is 4.64. The van der Waals surface area contributed by atoms with Crippen molar-refractivity contribution in [1.82, 2.24) is 0 Å². The molecule has 0 unspecified atom stereocenters. The van der Waals surface area contributed by atoms with Gasteiger partial charge >= 0.3 is 0 Å². The zero-order valence-corrected chi connectivity index (χ0v) is 14.5. The fourth-order valence-electron chi connectivity index (χ4n) is 2.34. The van der Waals surface area contributed by atoms with E-state index in [4.69, 9.17) is 4.74 Å². The highest BCUT2D eigenvalue weighted by Gasteiger charge is 2.08. The van der Waals surface area contributed by atoms with E-state index in [1.165, 1.54) is 0 Å². The Morgan fingerprint density at radius 3 is 2.39 bits per heavy atom. The molecular formula is C19H20O3S. The quantitative estimate of drug-likeness (QED) is 0.493. The number of hydrogen-bond donors (Lipinski definition) is 1. The van der Waals surface area contributed by atoms with E-state index in [0.717, 1.165) is 21.6 Å². The average molecular weight is 328 g/mol. The maximum atomic E-state index is 12.3. The van der Waals surface area contributed by atoms with E-state index in [1.807, 2.05) is 38.3 Å². The van der Waals surface area contributed by atoms with Crippen LogP contribution in [0.15, 0.2) is 41.3 Å². The molecule has 0 amide bonds. The molecule has 0 saturated carbocycles. The van der Waals surface area contributed by atoms with Crippen molar-refractivity contribution >= 4 is 23.6 Å². The molecule has 2 aromatic rings. The minimum Gasteiger partial charge on any atom is -0.507 e. The minimum atomic E-state index is -0.0839. The lowest BCUT2D eigenvalue weighted by molar-refractivity contribution is 0.104. The van der Waals surface area contributed by atoms with Gasteiger partial charge in [-0.3, -0.25) is 4.79 Å². The summed E-state index contributed by atoms with van der Waals surface area (Å²) in [6.07, 6.45) is 5.27. The van der Waals surface area contributed by atoms with Gasteiger partial charge in [-0.2, -0.15) is 0 Å². The van der Waals surface area contributed by atoms with E-state index in [-0.39, 0.29) is 5.78 Å². The number of carbonyl (C=O) groups is 1. The highest BCUT2D eigenvalue weighted by atomic mass is 32.2. The summed E-state index contributed by atoms with van der Waals surface area (Å²) >= 11 is 1.58. The van der Waals surface area contributed by atoms with Crippen molar-refractivity contribution in [1.29, 1.82) is 0 Å². The van der Waals surface area contributed by atoms with Gasteiger partial charge in [0.25, 0.3) is 0 Å².